The molecular formula is C11H9N5. The van der Waals surface area contributed by atoms with E-state index in [-0.39, 0.29) is 0 Å². The van der Waals surface area contributed by atoms with Crippen LogP contribution in [0.4, 0.5) is 5.69 Å². The largest absolute Gasteiger partial charge is 0.396 e. The van der Waals surface area contributed by atoms with E-state index in [2.05, 4.69) is 15.3 Å². The molecule has 3 rings (SSSR count). The maximum Gasteiger partial charge on any atom is 0.201 e. The van der Waals surface area contributed by atoms with E-state index in [1.165, 1.54) is 0 Å². The highest BCUT2D eigenvalue weighted by Gasteiger charge is 2.09. The number of nitrogens with two attached hydrogens (primary N) is 1. The molecular weight excluding hydrogens is 202 g/mol. The molecule has 2 N–H and O–H groups in total. The van der Waals surface area contributed by atoms with Gasteiger partial charge in [0.15, 0.2) is 5.82 Å². The van der Waals surface area contributed by atoms with Crippen molar-refractivity contribution in [3.05, 3.63) is 42.6 Å². The maximum atomic E-state index is 5.78. The van der Waals surface area contributed by atoms with Crippen LogP contribution < -0.4 is 5.73 Å². The second-order valence-corrected chi connectivity index (χ2v) is 3.41. The highest BCUT2D eigenvalue weighted by Crippen LogP contribution is 2.18. The Bertz CT molecular complexity index is 629. The van der Waals surface area contributed by atoms with Gasteiger partial charge >= 0.3 is 0 Å². The zero-order chi connectivity index (χ0) is 11.0. The van der Waals surface area contributed by atoms with Crippen molar-refractivity contribution in [1.82, 2.24) is 19.8 Å². The van der Waals surface area contributed by atoms with E-state index in [1.54, 1.807) is 16.8 Å². The number of fused-ring (bicyclic) bond motifs is 1. The summed E-state index contributed by atoms with van der Waals surface area (Å²) in [6.07, 6.45) is 1.64. The van der Waals surface area contributed by atoms with Gasteiger partial charge in [-0.3, -0.25) is 0 Å². The third-order valence-corrected chi connectivity index (χ3v) is 2.37. The normalized spacial score (nSPS) is 10.8. The number of aromatic nitrogens is 4. The van der Waals surface area contributed by atoms with Crippen LogP contribution in [-0.4, -0.2) is 19.8 Å². The molecule has 0 spiro atoms. The van der Waals surface area contributed by atoms with Crippen molar-refractivity contribution in [1.29, 1.82) is 0 Å². The number of anilines is 1. The molecule has 0 aliphatic rings. The zero-order valence-corrected chi connectivity index (χ0v) is 8.41. The summed E-state index contributed by atoms with van der Waals surface area (Å²) in [7, 11) is 0. The van der Waals surface area contributed by atoms with E-state index in [4.69, 9.17) is 5.73 Å². The Labute approximate surface area is 91.5 Å². The van der Waals surface area contributed by atoms with Gasteiger partial charge in [-0.25, -0.2) is 0 Å². The van der Waals surface area contributed by atoms with Gasteiger partial charge in [-0.05, 0) is 6.07 Å². The van der Waals surface area contributed by atoms with Gasteiger partial charge in [0.2, 0.25) is 5.65 Å². The first-order valence-corrected chi connectivity index (χ1v) is 4.87. The molecule has 1 aromatic carbocycles. The third kappa shape index (κ3) is 1.22. The number of nitrogens with zero attached hydrogens (tertiary/aromatic N) is 4. The topological polar surface area (TPSA) is 69.1 Å². The van der Waals surface area contributed by atoms with Crippen molar-refractivity contribution in [2.45, 2.75) is 0 Å². The lowest BCUT2D eigenvalue weighted by Gasteiger charge is -1.98. The second kappa shape index (κ2) is 3.30. The predicted octanol–water partition coefficient (Wildman–Crippen LogP) is 1.37. The van der Waals surface area contributed by atoms with E-state index >= 15 is 0 Å². The molecule has 78 valence electrons. The fourth-order valence-electron chi connectivity index (χ4n) is 1.59. The van der Waals surface area contributed by atoms with Crippen molar-refractivity contribution >= 4 is 11.3 Å². The standard InChI is InChI=1S/C11H9N5/c12-9-6-7-13-16-10(14-15-11(9)16)8-4-2-1-3-5-8/h1-7H,12H2. The summed E-state index contributed by atoms with van der Waals surface area (Å²) in [6, 6.07) is 11.5. The number of benzene rings is 1. The van der Waals surface area contributed by atoms with Crippen LogP contribution in [0.25, 0.3) is 17.0 Å². The van der Waals surface area contributed by atoms with E-state index in [9.17, 15) is 0 Å². The van der Waals surface area contributed by atoms with E-state index < -0.39 is 0 Å². The quantitative estimate of drug-likeness (QED) is 0.660. The van der Waals surface area contributed by atoms with E-state index in [0.29, 0.717) is 17.2 Å². The molecule has 2 aromatic heterocycles. The molecule has 0 atom stereocenters. The molecule has 0 bridgehead atoms. The van der Waals surface area contributed by atoms with Crippen molar-refractivity contribution < 1.29 is 0 Å². The summed E-state index contributed by atoms with van der Waals surface area (Å²) >= 11 is 0. The fraction of sp³-hybridized carbons (Fsp3) is 0. The molecule has 0 radical (unpaired) electrons. The summed E-state index contributed by atoms with van der Waals surface area (Å²) in [5.41, 5.74) is 7.91. The molecule has 0 amide bonds. The summed E-state index contributed by atoms with van der Waals surface area (Å²) in [4.78, 5) is 0. The lowest BCUT2D eigenvalue weighted by atomic mass is 10.2. The lowest BCUT2D eigenvalue weighted by molar-refractivity contribution is 0.937. The highest BCUT2D eigenvalue weighted by atomic mass is 15.4. The van der Waals surface area contributed by atoms with Gasteiger partial charge in [0.1, 0.15) is 0 Å². The van der Waals surface area contributed by atoms with Crippen LogP contribution in [0, 0.1) is 0 Å². The Morgan fingerprint density at radius 3 is 2.62 bits per heavy atom. The Kier molecular flexibility index (Phi) is 1.83. The Hall–Kier alpha value is -2.43. The summed E-state index contributed by atoms with van der Waals surface area (Å²) in [5.74, 6) is 0.697. The van der Waals surface area contributed by atoms with Crippen LogP contribution in [-0.2, 0) is 0 Å². The van der Waals surface area contributed by atoms with Crippen molar-refractivity contribution in [2.75, 3.05) is 5.73 Å². The third-order valence-electron chi connectivity index (χ3n) is 2.37. The van der Waals surface area contributed by atoms with Gasteiger partial charge in [0, 0.05) is 5.56 Å². The first kappa shape index (κ1) is 8.84. The summed E-state index contributed by atoms with van der Waals surface area (Å²) in [5, 5.41) is 12.3. The Morgan fingerprint density at radius 2 is 1.81 bits per heavy atom. The average molecular weight is 211 g/mol. The summed E-state index contributed by atoms with van der Waals surface area (Å²) in [6.45, 7) is 0. The fourth-order valence-corrected chi connectivity index (χ4v) is 1.59. The Morgan fingerprint density at radius 1 is 1.00 bits per heavy atom. The number of hydrogen-bond acceptors (Lipinski definition) is 4. The molecule has 5 heteroatoms. The first-order valence-electron chi connectivity index (χ1n) is 4.87. The zero-order valence-electron chi connectivity index (χ0n) is 8.41. The minimum absolute atomic E-state index is 0.574. The van der Waals surface area contributed by atoms with Gasteiger partial charge in [-0.15, -0.1) is 10.2 Å². The molecule has 0 unspecified atom stereocenters. The molecule has 2 heterocycles. The van der Waals surface area contributed by atoms with Crippen LogP contribution in [0.5, 0.6) is 0 Å². The van der Waals surface area contributed by atoms with Crippen molar-refractivity contribution in [3.8, 4) is 11.4 Å². The number of nitrogen functional groups attached to an aromatic ring is 1. The lowest BCUT2D eigenvalue weighted by Crippen LogP contribution is -1.97. The van der Waals surface area contributed by atoms with Crippen LogP contribution in [0.1, 0.15) is 0 Å². The van der Waals surface area contributed by atoms with Gasteiger partial charge in [-0.1, -0.05) is 30.3 Å². The van der Waals surface area contributed by atoms with Gasteiger partial charge in [0.05, 0.1) is 11.9 Å². The molecule has 0 aliphatic carbocycles. The van der Waals surface area contributed by atoms with E-state index in [1.807, 2.05) is 30.3 Å². The predicted molar refractivity (Wildman–Crippen MR) is 60.6 cm³/mol. The van der Waals surface area contributed by atoms with Crippen LogP contribution in [0.3, 0.4) is 0 Å². The molecule has 5 nitrogen and oxygen atoms in total. The smallest absolute Gasteiger partial charge is 0.201 e. The minimum Gasteiger partial charge on any atom is -0.396 e. The Balaban J connectivity index is 2.30. The molecule has 0 saturated heterocycles. The van der Waals surface area contributed by atoms with Gasteiger partial charge in [0.25, 0.3) is 0 Å². The highest BCUT2D eigenvalue weighted by molar-refractivity contribution is 5.67. The van der Waals surface area contributed by atoms with Crippen LogP contribution in [0.15, 0.2) is 42.6 Å². The van der Waals surface area contributed by atoms with Crippen molar-refractivity contribution in [2.24, 2.45) is 0 Å². The van der Waals surface area contributed by atoms with Crippen molar-refractivity contribution in [3.63, 3.8) is 0 Å². The number of rotatable bonds is 1. The molecule has 0 saturated carbocycles. The monoisotopic (exact) mass is 211 g/mol. The van der Waals surface area contributed by atoms with E-state index in [0.717, 1.165) is 5.56 Å². The molecule has 0 fully saturated rings. The minimum atomic E-state index is 0.574. The van der Waals surface area contributed by atoms with Gasteiger partial charge < -0.3 is 5.73 Å². The van der Waals surface area contributed by atoms with Gasteiger partial charge in [-0.2, -0.15) is 9.61 Å². The SMILES string of the molecule is Nc1ccnn2c(-c3ccccc3)nnc12. The van der Waals surface area contributed by atoms with Crippen LogP contribution in [0.2, 0.25) is 0 Å². The first-order chi connectivity index (χ1) is 7.86. The maximum absolute atomic E-state index is 5.78. The second-order valence-electron chi connectivity index (χ2n) is 3.41. The number of hydrogen-bond donors (Lipinski definition) is 1. The molecule has 0 aliphatic heterocycles. The molecule has 16 heavy (non-hydrogen) atoms. The summed E-state index contributed by atoms with van der Waals surface area (Å²) < 4.78 is 1.64. The average Bonchev–Trinajstić information content (AvgIpc) is 2.75. The van der Waals surface area contributed by atoms with Crippen LogP contribution >= 0.6 is 0 Å². The molecule has 3 aromatic rings.